The van der Waals surface area contributed by atoms with E-state index in [0.29, 0.717) is 11.1 Å². The number of nitrogens with one attached hydrogen (secondary N) is 2. The Hall–Kier alpha value is -2.96. The van der Waals surface area contributed by atoms with Gasteiger partial charge < -0.3 is 15.2 Å². The van der Waals surface area contributed by atoms with Gasteiger partial charge in [0.15, 0.2) is 0 Å². The third-order valence-electron chi connectivity index (χ3n) is 4.34. The third kappa shape index (κ3) is 3.66. The van der Waals surface area contributed by atoms with Crippen molar-refractivity contribution in [3.05, 3.63) is 68.9 Å². The number of nitrogens with zero attached hydrogens (tertiary/aromatic N) is 1. The molecule has 0 bridgehead atoms. The molecule has 1 aromatic heterocycles. The first-order valence-electron chi connectivity index (χ1n) is 8.42. The number of rotatable bonds is 5. The number of aryl methyl sites for hydroxylation is 1. The first-order chi connectivity index (χ1) is 12.4. The summed E-state index contributed by atoms with van der Waals surface area (Å²) >= 11 is 0. The summed E-state index contributed by atoms with van der Waals surface area (Å²) < 4.78 is 15.5. The maximum atomic E-state index is 14.3. The van der Waals surface area contributed by atoms with E-state index in [9.17, 15) is 18.8 Å². The summed E-state index contributed by atoms with van der Waals surface area (Å²) in [6.07, 6.45) is 3.21. The van der Waals surface area contributed by atoms with Crippen LogP contribution in [-0.4, -0.2) is 29.5 Å². The minimum atomic E-state index is -0.588. The molecule has 136 valence electrons. The molecule has 1 saturated carbocycles. The van der Waals surface area contributed by atoms with Crippen LogP contribution in [0.15, 0.2) is 35.3 Å². The molecule has 1 aliphatic rings. The van der Waals surface area contributed by atoms with Gasteiger partial charge in [-0.05, 0) is 31.4 Å². The lowest BCUT2D eigenvalue weighted by Crippen LogP contribution is -2.34. The Labute approximate surface area is 150 Å². The Balaban J connectivity index is 2.04. The zero-order valence-corrected chi connectivity index (χ0v) is 14.6. The highest BCUT2D eigenvalue weighted by Crippen LogP contribution is 2.19. The predicted molar refractivity (Wildman–Crippen MR) is 94.8 cm³/mol. The van der Waals surface area contributed by atoms with Crippen LogP contribution < -0.4 is 16.2 Å². The van der Waals surface area contributed by atoms with Crippen LogP contribution in [0.5, 0.6) is 0 Å². The number of benzene rings is 1. The van der Waals surface area contributed by atoms with E-state index in [2.05, 4.69) is 10.6 Å². The minimum Gasteiger partial charge on any atom is -0.355 e. The molecular formula is C19H20FN3O3. The summed E-state index contributed by atoms with van der Waals surface area (Å²) in [6, 6.07) is 6.33. The lowest BCUT2D eigenvalue weighted by molar-refractivity contribution is 0.0950. The Morgan fingerprint density at radius 3 is 2.65 bits per heavy atom. The van der Waals surface area contributed by atoms with E-state index in [-0.39, 0.29) is 29.6 Å². The highest BCUT2D eigenvalue weighted by molar-refractivity contribution is 5.99. The molecular weight excluding hydrogens is 337 g/mol. The smallest absolute Gasteiger partial charge is 0.263 e. The summed E-state index contributed by atoms with van der Waals surface area (Å²) in [5.41, 5.74) is 0.250. The Morgan fingerprint density at radius 2 is 2.00 bits per heavy atom. The number of hydrogen-bond donors (Lipinski definition) is 2. The second kappa shape index (κ2) is 7.11. The van der Waals surface area contributed by atoms with Gasteiger partial charge >= 0.3 is 0 Å². The molecule has 1 aromatic carbocycles. The molecule has 0 radical (unpaired) electrons. The zero-order chi connectivity index (χ0) is 18.8. The first-order valence-corrected chi connectivity index (χ1v) is 8.42. The summed E-state index contributed by atoms with van der Waals surface area (Å²) in [7, 11) is 1.41. The van der Waals surface area contributed by atoms with E-state index in [1.807, 2.05) is 0 Å². The van der Waals surface area contributed by atoms with Gasteiger partial charge in [0.25, 0.3) is 17.4 Å². The molecule has 1 fully saturated rings. The highest BCUT2D eigenvalue weighted by atomic mass is 19.1. The number of hydrogen-bond acceptors (Lipinski definition) is 3. The van der Waals surface area contributed by atoms with Crippen LogP contribution in [0.1, 0.15) is 44.7 Å². The number of amides is 2. The predicted octanol–water partition coefficient (Wildman–Crippen LogP) is 1.60. The zero-order valence-electron chi connectivity index (χ0n) is 14.6. The van der Waals surface area contributed by atoms with Crippen LogP contribution in [0.4, 0.5) is 4.39 Å². The van der Waals surface area contributed by atoms with Crippen LogP contribution in [0.3, 0.4) is 0 Å². The maximum Gasteiger partial charge on any atom is 0.263 e. The molecule has 3 rings (SSSR count). The fourth-order valence-corrected chi connectivity index (χ4v) is 2.68. The minimum absolute atomic E-state index is 0.0686. The van der Waals surface area contributed by atoms with E-state index in [4.69, 9.17) is 0 Å². The van der Waals surface area contributed by atoms with E-state index >= 15 is 0 Å². The lowest BCUT2D eigenvalue weighted by atomic mass is 10.1. The topological polar surface area (TPSA) is 80.2 Å². The SMILES string of the molecule is CNC(=O)c1cc(C(=O)NC2CC2)cn(Cc2cccc(C)c2F)c1=O. The van der Waals surface area contributed by atoms with Gasteiger partial charge in [0.2, 0.25) is 0 Å². The van der Waals surface area contributed by atoms with E-state index in [1.165, 1.54) is 23.9 Å². The highest BCUT2D eigenvalue weighted by Gasteiger charge is 2.25. The largest absolute Gasteiger partial charge is 0.355 e. The van der Waals surface area contributed by atoms with Gasteiger partial charge in [-0.3, -0.25) is 14.4 Å². The molecule has 0 spiro atoms. The average molecular weight is 357 g/mol. The molecule has 0 aliphatic heterocycles. The van der Waals surface area contributed by atoms with Crippen molar-refractivity contribution in [3.8, 4) is 0 Å². The summed E-state index contributed by atoms with van der Waals surface area (Å²) in [5, 5.41) is 5.22. The van der Waals surface area contributed by atoms with Crippen molar-refractivity contribution in [3.63, 3.8) is 0 Å². The molecule has 7 heteroatoms. The fourth-order valence-electron chi connectivity index (χ4n) is 2.68. The molecule has 0 saturated heterocycles. The number of carbonyl (C=O) groups excluding carboxylic acids is 2. The van der Waals surface area contributed by atoms with Gasteiger partial charge in [-0.15, -0.1) is 0 Å². The molecule has 2 N–H and O–H groups in total. The van der Waals surface area contributed by atoms with Crippen molar-refractivity contribution >= 4 is 11.8 Å². The van der Waals surface area contributed by atoms with Crippen LogP contribution in [0.2, 0.25) is 0 Å². The standard InChI is InChI=1S/C19H20FN3O3/c1-11-4-3-5-12(16(11)20)9-23-10-13(17(24)22-14-6-7-14)8-15(19(23)26)18(25)21-2/h3-5,8,10,14H,6-7,9H2,1-2H3,(H,21,25)(H,22,24). The Kier molecular flexibility index (Phi) is 4.88. The molecule has 1 aliphatic carbocycles. The lowest BCUT2D eigenvalue weighted by Gasteiger charge is -2.13. The summed E-state index contributed by atoms with van der Waals surface area (Å²) in [6.45, 7) is 1.57. The maximum absolute atomic E-state index is 14.3. The molecule has 0 atom stereocenters. The van der Waals surface area contributed by atoms with Gasteiger partial charge in [0.1, 0.15) is 11.4 Å². The fraction of sp³-hybridized carbons (Fsp3) is 0.316. The van der Waals surface area contributed by atoms with Crippen molar-refractivity contribution in [1.82, 2.24) is 15.2 Å². The van der Waals surface area contributed by atoms with Crippen molar-refractivity contribution in [1.29, 1.82) is 0 Å². The van der Waals surface area contributed by atoms with Crippen molar-refractivity contribution in [2.24, 2.45) is 0 Å². The van der Waals surface area contributed by atoms with Gasteiger partial charge in [-0.2, -0.15) is 0 Å². The monoisotopic (exact) mass is 357 g/mol. The molecule has 0 unspecified atom stereocenters. The van der Waals surface area contributed by atoms with Gasteiger partial charge in [0, 0.05) is 24.8 Å². The number of halogens is 1. The van der Waals surface area contributed by atoms with Gasteiger partial charge in [-0.1, -0.05) is 18.2 Å². The summed E-state index contributed by atoms with van der Waals surface area (Å²) in [4.78, 5) is 37.0. The second-order valence-electron chi connectivity index (χ2n) is 6.45. The number of aromatic nitrogens is 1. The van der Waals surface area contributed by atoms with Crippen LogP contribution in [0, 0.1) is 12.7 Å². The van der Waals surface area contributed by atoms with Crippen LogP contribution in [-0.2, 0) is 6.54 Å². The molecule has 1 heterocycles. The van der Waals surface area contributed by atoms with Crippen molar-refractivity contribution < 1.29 is 14.0 Å². The molecule has 26 heavy (non-hydrogen) atoms. The van der Waals surface area contributed by atoms with Crippen LogP contribution in [0.25, 0.3) is 0 Å². The van der Waals surface area contributed by atoms with E-state index in [1.54, 1.807) is 25.1 Å². The third-order valence-corrected chi connectivity index (χ3v) is 4.34. The number of carbonyl (C=O) groups is 2. The van der Waals surface area contributed by atoms with E-state index < -0.39 is 17.3 Å². The molecule has 2 aromatic rings. The van der Waals surface area contributed by atoms with Crippen LogP contribution >= 0.6 is 0 Å². The second-order valence-corrected chi connectivity index (χ2v) is 6.45. The number of pyridine rings is 1. The Bertz CT molecular complexity index is 932. The van der Waals surface area contributed by atoms with E-state index in [0.717, 1.165) is 12.8 Å². The van der Waals surface area contributed by atoms with Gasteiger partial charge in [0.05, 0.1) is 12.1 Å². The van der Waals surface area contributed by atoms with Crippen molar-refractivity contribution in [2.75, 3.05) is 7.05 Å². The normalized spacial score (nSPS) is 13.3. The average Bonchev–Trinajstić information content (AvgIpc) is 3.43. The van der Waals surface area contributed by atoms with Gasteiger partial charge in [-0.25, -0.2) is 4.39 Å². The summed E-state index contributed by atoms with van der Waals surface area (Å²) in [5.74, 6) is -1.35. The molecule has 6 nitrogen and oxygen atoms in total. The first kappa shape index (κ1) is 17.8. The quantitative estimate of drug-likeness (QED) is 0.853. The Morgan fingerprint density at radius 1 is 1.27 bits per heavy atom. The van der Waals surface area contributed by atoms with Crippen molar-refractivity contribution in [2.45, 2.75) is 32.4 Å². The molecule has 2 amide bonds.